The van der Waals surface area contributed by atoms with Crippen LogP contribution in [-0.2, 0) is 11.2 Å². The van der Waals surface area contributed by atoms with Gasteiger partial charge in [0.05, 0.1) is 16.4 Å². The molecule has 26 heavy (non-hydrogen) atoms. The number of rotatable bonds is 3. The molecular formula is C18H22FN3O4. The zero-order chi connectivity index (χ0) is 19.5. The van der Waals surface area contributed by atoms with E-state index >= 15 is 0 Å². The minimum absolute atomic E-state index is 0.278. The number of piperidine rings is 1. The summed E-state index contributed by atoms with van der Waals surface area (Å²) in [5, 5.41) is 20.3. The van der Waals surface area contributed by atoms with E-state index in [1.54, 1.807) is 25.7 Å². The Morgan fingerprint density at radius 2 is 2.04 bits per heavy atom. The van der Waals surface area contributed by atoms with Crippen LogP contribution < -0.4 is 0 Å². The lowest BCUT2D eigenvalue weighted by atomic mass is 9.75. The second-order valence-electron chi connectivity index (χ2n) is 7.58. The number of halogens is 1. The van der Waals surface area contributed by atoms with Crippen molar-refractivity contribution < 1.29 is 18.8 Å². The molecule has 1 aromatic carbocycles. The number of nitro groups is 1. The van der Waals surface area contributed by atoms with Crippen LogP contribution in [0.3, 0.4) is 0 Å². The third-order valence-electron chi connectivity index (χ3n) is 4.36. The SMILES string of the molecule is CC(C)(C)OC(=O)N1CCC(C#N)(Cc2ccc([N+](=O)[O-])c(F)c2)CC1. The Kier molecular flexibility index (Phi) is 5.50. The Morgan fingerprint density at radius 3 is 2.50 bits per heavy atom. The van der Waals surface area contributed by atoms with Crippen molar-refractivity contribution in [2.75, 3.05) is 13.1 Å². The first kappa shape index (κ1) is 19.6. The number of carbonyl (C=O) groups excluding carboxylic acids is 1. The highest BCUT2D eigenvalue weighted by Crippen LogP contribution is 2.35. The number of amides is 1. The topological polar surface area (TPSA) is 96.5 Å². The van der Waals surface area contributed by atoms with E-state index in [-0.39, 0.29) is 6.42 Å². The van der Waals surface area contributed by atoms with Crippen LogP contribution in [0.15, 0.2) is 18.2 Å². The minimum atomic E-state index is -0.910. The number of hydrogen-bond donors (Lipinski definition) is 0. The van der Waals surface area contributed by atoms with Gasteiger partial charge in [-0.3, -0.25) is 10.1 Å². The predicted octanol–water partition coefficient (Wildman–Crippen LogP) is 3.82. The molecule has 0 saturated carbocycles. The summed E-state index contributed by atoms with van der Waals surface area (Å²) in [4.78, 5) is 23.6. The molecule has 1 aliphatic heterocycles. The first-order chi connectivity index (χ1) is 12.1. The van der Waals surface area contributed by atoms with Gasteiger partial charge in [-0.2, -0.15) is 9.65 Å². The second kappa shape index (κ2) is 7.28. The van der Waals surface area contributed by atoms with Crippen molar-refractivity contribution in [1.82, 2.24) is 4.90 Å². The maximum atomic E-state index is 13.8. The smallest absolute Gasteiger partial charge is 0.410 e. The summed E-state index contributed by atoms with van der Waals surface area (Å²) in [5.41, 5.74) is -1.38. The standard InChI is InChI=1S/C18H22FN3O4/c1-17(2,3)26-16(23)21-8-6-18(12-20,7-9-21)11-13-4-5-15(22(24)25)14(19)10-13/h4-5,10H,6-9,11H2,1-3H3. The van der Waals surface area contributed by atoms with Gasteiger partial charge in [-0.25, -0.2) is 4.79 Å². The summed E-state index contributed by atoms with van der Waals surface area (Å²) in [7, 11) is 0. The third kappa shape index (κ3) is 4.69. The summed E-state index contributed by atoms with van der Waals surface area (Å²) >= 11 is 0. The highest BCUT2D eigenvalue weighted by molar-refractivity contribution is 5.68. The molecule has 0 radical (unpaired) electrons. The van der Waals surface area contributed by atoms with E-state index < -0.39 is 33.5 Å². The molecule has 0 aromatic heterocycles. The van der Waals surface area contributed by atoms with Crippen molar-refractivity contribution >= 4 is 11.8 Å². The first-order valence-electron chi connectivity index (χ1n) is 8.37. The fourth-order valence-electron chi connectivity index (χ4n) is 2.97. The van der Waals surface area contributed by atoms with Crippen LogP contribution in [0.5, 0.6) is 0 Å². The maximum absolute atomic E-state index is 13.8. The van der Waals surface area contributed by atoms with Gasteiger partial charge in [-0.15, -0.1) is 0 Å². The van der Waals surface area contributed by atoms with Crippen molar-refractivity contribution in [3.63, 3.8) is 0 Å². The molecule has 7 nitrogen and oxygen atoms in total. The van der Waals surface area contributed by atoms with Gasteiger partial charge in [0.15, 0.2) is 0 Å². The summed E-state index contributed by atoms with van der Waals surface area (Å²) in [6, 6.07) is 5.99. The normalized spacial score (nSPS) is 16.7. The summed E-state index contributed by atoms with van der Waals surface area (Å²) < 4.78 is 19.2. The van der Waals surface area contributed by atoms with Gasteiger partial charge in [0.25, 0.3) is 0 Å². The quantitative estimate of drug-likeness (QED) is 0.601. The Bertz CT molecular complexity index is 744. The molecule has 1 aliphatic rings. The Labute approximate surface area is 151 Å². The number of hydrogen-bond acceptors (Lipinski definition) is 5. The monoisotopic (exact) mass is 363 g/mol. The highest BCUT2D eigenvalue weighted by Gasteiger charge is 2.37. The van der Waals surface area contributed by atoms with Crippen molar-refractivity contribution in [2.45, 2.75) is 45.6 Å². The van der Waals surface area contributed by atoms with Crippen LogP contribution >= 0.6 is 0 Å². The van der Waals surface area contributed by atoms with Crippen molar-refractivity contribution in [3.05, 3.63) is 39.7 Å². The molecule has 1 saturated heterocycles. The van der Waals surface area contributed by atoms with Crippen molar-refractivity contribution in [2.24, 2.45) is 5.41 Å². The Balaban J connectivity index is 2.06. The molecule has 8 heteroatoms. The molecule has 1 aromatic rings. The zero-order valence-corrected chi connectivity index (χ0v) is 15.1. The minimum Gasteiger partial charge on any atom is -0.444 e. The average molecular weight is 363 g/mol. The van der Waals surface area contributed by atoms with Crippen molar-refractivity contribution in [3.8, 4) is 6.07 Å². The van der Waals surface area contributed by atoms with Crippen LogP contribution in [0.4, 0.5) is 14.9 Å². The molecule has 1 amide bonds. The number of nitro benzene ring substituents is 1. The van der Waals surface area contributed by atoms with Crippen LogP contribution in [0.25, 0.3) is 0 Å². The number of ether oxygens (including phenoxy) is 1. The lowest BCUT2D eigenvalue weighted by Gasteiger charge is -2.37. The third-order valence-corrected chi connectivity index (χ3v) is 4.36. The van der Waals surface area contributed by atoms with Gasteiger partial charge in [0, 0.05) is 19.2 Å². The van der Waals surface area contributed by atoms with E-state index in [0.717, 1.165) is 12.1 Å². The van der Waals surface area contributed by atoms with E-state index in [4.69, 9.17) is 4.74 Å². The number of carbonyl (C=O) groups is 1. The van der Waals surface area contributed by atoms with Gasteiger partial charge in [0.1, 0.15) is 5.60 Å². The lowest BCUT2D eigenvalue weighted by Crippen LogP contribution is -2.45. The van der Waals surface area contributed by atoms with Gasteiger partial charge < -0.3 is 9.64 Å². The fraction of sp³-hybridized carbons (Fsp3) is 0.556. The molecular weight excluding hydrogens is 341 g/mol. The Hall–Kier alpha value is -2.69. The van der Waals surface area contributed by atoms with Crippen LogP contribution in [0.1, 0.15) is 39.2 Å². The van der Waals surface area contributed by atoms with E-state index in [2.05, 4.69) is 6.07 Å². The lowest BCUT2D eigenvalue weighted by molar-refractivity contribution is -0.387. The molecule has 0 spiro atoms. The molecule has 2 rings (SSSR count). The molecule has 0 N–H and O–H groups in total. The largest absolute Gasteiger partial charge is 0.444 e. The van der Waals surface area contributed by atoms with Gasteiger partial charge in [-0.1, -0.05) is 6.07 Å². The Morgan fingerprint density at radius 1 is 1.42 bits per heavy atom. The molecule has 0 bridgehead atoms. The highest BCUT2D eigenvalue weighted by atomic mass is 19.1. The van der Waals surface area contributed by atoms with Gasteiger partial charge in [0.2, 0.25) is 5.82 Å². The summed E-state index contributed by atoms with van der Waals surface area (Å²) in [6.45, 7) is 6.11. The summed E-state index contributed by atoms with van der Waals surface area (Å²) in [5.74, 6) is -0.910. The molecule has 1 heterocycles. The van der Waals surface area contributed by atoms with E-state index in [0.29, 0.717) is 31.5 Å². The number of likely N-dealkylation sites (tertiary alicyclic amines) is 1. The fourth-order valence-corrected chi connectivity index (χ4v) is 2.97. The van der Waals surface area contributed by atoms with E-state index in [9.17, 15) is 24.6 Å². The number of nitrogens with zero attached hydrogens (tertiary/aromatic N) is 3. The number of nitriles is 1. The van der Waals surface area contributed by atoms with Crippen LogP contribution in [0, 0.1) is 32.7 Å². The zero-order valence-electron chi connectivity index (χ0n) is 15.1. The molecule has 0 unspecified atom stereocenters. The van der Waals surface area contributed by atoms with Crippen molar-refractivity contribution in [1.29, 1.82) is 5.26 Å². The predicted molar refractivity (Wildman–Crippen MR) is 91.8 cm³/mol. The number of benzene rings is 1. The van der Waals surface area contributed by atoms with Crippen LogP contribution in [0.2, 0.25) is 0 Å². The molecule has 0 atom stereocenters. The first-order valence-corrected chi connectivity index (χ1v) is 8.37. The van der Waals surface area contributed by atoms with Crippen LogP contribution in [-0.4, -0.2) is 34.6 Å². The maximum Gasteiger partial charge on any atom is 0.410 e. The molecule has 1 fully saturated rings. The molecule has 0 aliphatic carbocycles. The van der Waals surface area contributed by atoms with E-state index in [1.165, 1.54) is 6.07 Å². The summed E-state index contributed by atoms with van der Waals surface area (Å²) in [6.07, 6.45) is 0.730. The van der Waals surface area contributed by atoms with Gasteiger partial charge >= 0.3 is 11.8 Å². The van der Waals surface area contributed by atoms with E-state index in [1.807, 2.05) is 0 Å². The second-order valence-corrected chi connectivity index (χ2v) is 7.58. The molecule has 140 valence electrons. The average Bonchev–Trinajstić information content (AvgIpc) is 2.53. The van der Waals surface area contributed by atoms with Gasteiger partial charge in [-0.05, 0) is 51.7 Å².